The van der Waals surface area contributed by atoms with Crippen LogP contribution in [0.4, 0.5) is 5.69 Å². The average Bonchev–Trinajstić information content (AvgIpc) is 3.34. The van der Waals surface area contributed by atoms with Gasteiger partial charge in [-0.3, -0.25) is 4.79 Å². The van der Waals surface area contributed by atoms with Crippen LogP contribution in [0.5, 0.6) is 0 Å². The van der Waals surface area contributed by atoms with Gasteiger partial charge in [0.05, 0.1) is 34.9 Å². The summed E-state index contributed by atoms with van der Waals surface area (Å²) in [5, 5.41) is 5.52. The number of nitrogens with one attached hydrogen (secondary N) is 1. The van der Waals surface area contributed by atoms with Crippen molar-refractivity contribution in [1.29, 1.82) is 0 Å². The molecule has 0 radical (unpaired) electrons. The van der Waals surface area contributed by atoms with Gasteiger partial charge >= 0.3 is 0 Å². The first-order valence-electron chi connectivity index (χ1n) is 12.9. The van der Waals surface area contributed by atoms with Gasteiger partial charge in [0.15, 0.2) is 5.65 Å². The Kier molecular flexibility index (Phi) is 6.79. The number of aromatic nitrogens is 3. The summed E-state index contributed by atoms with van der Waals surface area (Å²) in [5.74, 6) is -0.824. The van der Waals surface area contributed by atoms with Gasteiger partial charge in [-0.05, 0) is 60.5 Å². The van der Waals surface area contributed by atoms with Crippen molar-refractivity contribution < 1.29 is 17.9 Å². The second-order valence-corrected chi connectivity index (χ2v) is 11.2. The molecular weight excluding hydrogens is 526 g/mol. The number of para-hydroxylation sites is 1. The maximum absolute atomic E-state index is 13.4. The quantitative estimate of drug-likeness (QED) is 0.333. The summed E-state index contributed by atoms with van der Waals surface area (Å²) in [6.45, 7) is 4.92. The van der Waals surface area contributed by atoms with Crippen LogP contribution in [0.15, 0.2) is 95.9 Å². The largest absolute Gasteiger partial charge is 0.378 e. The maximum Gasteiger partial charge on any atom is 0.283 e. The Hall–Kier alpha value is -4.54. The number of fused-ring (bicyclic) bond motifs is 1. The Morgan fingerprint density at radius 1 is 0.875 bits per heavy atom. The second kappa shape index (κ2) is 10.6. The van der Waals surface area contributed by atoms with Gasteiger partial charge in [-0.25, -0.2) is 22.8 Å². The van der Waals surface area contributed by atoms with Crippen LogP contribution < -0.4 is 9.62 Å². The van der Waals surface area contributed by atoms with Crippen LogP contribution in [0.1, 0.15) is 16.2 Å². The molecule has 0 bridgehead atoms. The number of rotatable bonds is 6. The standard InChI is InChI=1S/C30H27N5O4S/c1-21-28-26(22-12-14-23(15-13-22)34-16-18-39-19-17-34)20-27(30(36)33-40(37,38)25-10-6-3-7-11-25)31-29(28)35(32-21)24-8-4-2-5-9-24/h2-15,20H,16-19H2,1H3,(H,33,36). The molecule has 3 heterocycles. The summed E-state index contributed by atoms with van der Waals surface area (Å²) >= 11 is 0. The fourth-order valence-electron chi connectivity index (χ4n) is 4.89. The Balaban J connectivity index is 1.47. The first-order valence-corrected chi connectivity index (χ1v) is 14.4. The summed E-state index contributed by atoms with van der Waals surface area (Å²) in [4.78, 5) is 20.3. The van der Waals surface area contributed by atoms with E-state index in [1.54, 1.807) is 28.9 Å². The van der Waals surface area contributed by atoms with Gasteiger partial charge in [-0.1, -0.05) is 48.5 Å². The first-order chi connectivity index (χ1) is 19.4. The lowest BCUT2D eigenvalue weighted by Crippen LogP contribution is -2.36. The van der Waals surface area contributed by atoms with E-state index >= 15 is 0 Å². The molecule has 2 aromatic heterocycles. The molecule has 3 aromatic carbocycles. The van der Waals surface area contributed by atoms with Crippen LogP contribution in [0.25, 0.3) is 27.8 Å². The lowest BCUT2D eigenvalue weighted by Gasteiger charge is -2.29. The fraction of sp³-hybridized carbons (Fsp3) is 0.167. The number of morpholine rings is 1. The lowest BCUT2D eigenvalue weighted by atomic mass is 10.0. The van der Waals surface area contributed by atoms with Gasteiger partial charge in [-0.2, -0.15) is 5.10 Å². The molecule has 1 aliphatic heterocycles. The predicted molar refractivity (Wildman–Crippen MR) is 153 cm³/mol. The zero-order chi connectivity index (χ0) is 27.7. The third-order valence-electron chi connectivity index (χ3n) is 6.88. The first kappa shape index (κ1) is 25.7. The summed E-state index contributed by atoms with van der Waals surface area (Å²) in [5.41, 5.74) is 4.62. The Morgan fingerprint density at radius 3 is 2.20 bits per heavy atom. The van der Waals surface area contributed by atoms with Gasteiger partial charge < -0.3 is 9.64 Å². The van der Waals surface area contributed by atoms with Crippen LogP contribution >= 0.6 is 0 Å². The number of carbonyl (C=O) groups is 1. The lowest BCUT2D eigenvalue weighted by molar-refractivity contribution is 0.0977. The summed E-state index contributed by atoms with van der Waals surface area (Å²) < 4.78 is 35.2. The molecule has 9 nitrogen and oxygen atoms in total. The number of pyridine rings is 1. The number of hydrogen-bond donors (Lipinski definition) is 1. The van der Waals surface area contributed by atoms with Gasteiger partial charge in [0.2, 0.25) is 0 Å². The highest BCUT2D eigenvalue weighted by molar-refractivity contribution is 7.90. The van der Waals surface area contributed by atoms with Crippen molar-refractivity contribution in [3.8, 4) is 16.8 Å². The van der Waals surface area contributed by atoms with Crippen molar-refractivity contribution in [2.24, 2.45) is 0 Å². The topological polar surface area (TPSA) is 106 Å². The van der Waals surface area contributed by atoms with E-state index in [0.717, 1.165) is 46.7 Å². The number of carbonyl (C=O) groups excluding carboxylic acids is 1. The molecule has 0 atom stereocenters. The van der Waals surface area contributed by atoms with E-state index in [0.29, 0.717) is 18.9 Å². The summed E-state index contributed by atoms with van der Waals surface area (Å²) in [7, 11) is -4.09. The maximum atomic E-state index is 13.4. The van der Waals surface area contributed by atoms with Gasteiger partial charge in [0, 0.05) is 18.8 Å². The monoisotopic (exact) mass is 553 g/mol. The van der Waals surface area contributed by atoms with E-state index in [1.807, 2.05) is 61.5 Å². The molecule has 1 aliphatic rings. The van der Waals surface area contributed by atoms with Gasteiger partial charge in [0.1, 0.15) is 5.69 Å². The molecule has 1 saturated heterocycles. The van der Waals surface area contributed by atoms with Crippen LogP contribution in [-0.4, -0.2) is 55.4 Å². The third-order valence-corrected chi connectivity index (χ3v) is 8.23. The number of amides is 1. The predicted octanol–water partition coefficient (Wildman–Crippen LogP) is 4.35. The van der Waals surface area contributed by atoms with E-state index < -0.39 is 15.9 Å². The minimum Gasteiger partial charge on any atom is -0.378 e. The number of sulfonamides is 1. The Labute approximate surface area is 232 Å². The summed E-state index contributed by atoms with van der Waals surface area (Å²) in [6.07, 6.45) is 0. The molecule has 202 valence electrons. The Bertz CT molecular complexity index is 1780. The molecule has 10 heteroatoms. The summed E-state index contributed by atoms with van der Waals surface area (Å²) in [6, 6.07) is 27.0. The fourth-order valence-corrected chi connectivity index (χ4v) is 5.87. The SMILES string of the molecule is Cc1nn(-c2ccccc2)c2nc(C(=O)NS(=O)(=O)c3ccccc3)cc(-c3ccc(N4CCOCC4)cc3)c12. The highest BCUT2D eigenvalue weighted by Gasteiger charge is 2.24. The van der Waals surface area contributed by atoms with Crippen molar-refractivity contribution in [1.82, 2.24) is 19.5 Å². The minimum atomic E-state index is -4.09. The van der Waals surface area contributed by atoms with Crippen LogP contribution in [0.2, 0.25) is 0 Å². The average molecular weight is 554 g/mol. The van der Waals surface area contributed by atoms with Crippen molar-refractivity contribution in [3.05, 3.63) is 102 Å². The number of nitrogens with zero attached hydrogens (tertiary/aromatic N) is 4. The third kappa shape index (κ3) is 4.94. The minimum absolute atomic E-state index is 0.00600. The van der Waals surface area contributed by atoms with Gasteiger partial charge in [0.25, 0.3) is 15.9 Å². The van der Waals surface area contributed by atoms with E-state index in [1.165, 1.54) is 12.1 Å². The van der Waals surface area contributed by atoms with E-state index in [9.17, 15) is 13.2 Å². The highest BCUT2D eigenvalue weighted by atomic mass is 32.2. The zero-order valence-electron chi connectivity index (χ0n) is 21.8. The molecule has 0 saturated carbocycles. The molecule has 0 unspecified atom stereocenters. The van der Waals surface area contributed by atoms with Gasteiger partial charge in [-0.15, -0.1) is 0 Å². The van der Waals surface area contributed by atoms with E-state index in [-0.39, 0.29) is 10.6 Å². The highest BCUT2D eigenvalue weighted by Crippen LogP contribution is 2.33. The second-order valence-electron chi connectivity index (χ2n) is 9.48. The van der Waals surface area contributed by atoms with Crippen LogP contribution in [-0.2, 0) is 14.8 Å². The molecule has 0 aliphatic carbocycles. The number of benzene rings is 3. The molecule has 1 N–H and O–H groups in total. The van der Waals surface area contributed by atoms with Crippen molar-refractivity contribution in [2.45, 2.75) is 11.8 Å². The number of ether oxygens (including phenoxy) is 1. The molecule has 40 heavy (non-hydrogen) atoms. The number of anilines is 1. The molecule has 1 amide bonds. The molecular formula is C30H27N5O4S. The van der Waals surface area contributed by atoms with Crippen molar-refractivity contribution in [2.75, 3.05) is 31.2 Å². The van der Waals surface area contributed by atoms with E-state index in [2.05, 4.69) is 14.6 Å². The zero-order valence-corrected chi connectivity index (χ0v) is 22.6. The number of hydrogen-bond acceptors (Lipinski definition) is 7. The molecule has 0 spiro atoms. The Morgan fingerprint density at radius 2 is 1.52 bits per heavy atom. The van der Waals surface area contributed by atoms with Crippen LogP contribution in [0.3, 0.4) is 0 Å². The van der Waals surface area contributed by atoms with Crippen molar-refractivity contribution >= 4 is 32.7 Å². The number of aryl methyl sites for hydroxylation is 1. The molecule has 5 aromatic rings. The van der Waals surface area contributed by atoms with Crippen LogP contribution in [0, 0.1) is 6.92 Å². The van der Waals surface area contributed by atoms with E-state index in [4.69, 9.17) is 9.84 Å². The van der Waals surface area contributed by atoms with Crippen molar-refractivity contribution in [3.63, 3.8) is 0 Å². The normalized spacial score (nSPS) is 13.9. The molecule has 1 fully saturated rings. The molecule has 6 rings (SSSR count). The smallest absolute Gasteiger partial charge is 0.283 e.